The Bertz CT molecular complexity index is 1390. The molecule has 1 atom stereocenters. The third-order valence-electron chi connectivity index (χ3n) is 6.39. The minimum absolute atomic E-state index is 0.0650. The molecule has 2 heterocycles. The van der Waals surface area contributed by atoms with E-state index in [1.54, 1.807) is 4.57 Å². The van der Waals surface area contributed by atoms with Crippen LogP contribution in [0.25, 0.3) is 10.2 Å². The number of carbonyl (C=O) groups excluding carboxylic acids is 1. The highest BCUT2D eigenvalue weighted by molar-refractivity contribution is 7.12. The van der Waals surface area contributed by atoms with Gasteiger partial charge >= 0.3 is 0 Å². The van der Waals surface area contributed by atoms with Gasteiger partial charge in [-0.3, -0.25) is 14.2 Å². The van der Waals surface area contributed by atoms with Crippen molar-refractivity contribution in [2.24, 2.45) is 0 Å². The van der Waals surface area contributed by atoms with Crippen molar-refractivity contribution >= 4 is 27.7 Å². The second-order valence-electron chi connectivity index (χ2n) is 9.39. The maximum atomic E-state index is 13.8. The van der Waals surface area contributed by atoms with Crippen LogP contribution in [0.5, 0.6) is 0 Å². The Balaban J connectivity index is 1.87. The average Bonchev–Trinajstić information content (AvgIpc) is 3.24. The first-order valence-electron chi connectivity index (χ1n) is 12.2. The summed E-state index contributed by atoms with van der Waals surface area (Å²) in [5.41, 5.74) is 3.31. The second-order valence-corrected chi connectivity index (χ2v) is 10.1. The summed E-state index contributed by atoms with van der Waals surface area (Å²) >= 11 is 1.24. The summed E-state index contributed by atoms with van der Waals surface area (Å²) in [5, 5.41) is 0.555. The zero-order valence-corrected chi connectivity index (χ0v) is 22.4. The molecule has 0 fully saturated rings. The van der Waals surface area contributed by atoms with Gasteiger partial charge in [-0.1, -0.05) is 55.0 Å². The maximum absolute atomic E-state index is 13.8. The van der Waals surface area contributed by atoms with Gasteiger partial charge in [-0.25, -0.2) is 4.98 Å². The highest BCUT2D eigenvalue weighted by Gasteiger charge is 2.30. The van der Waals surface area contributed by atoms with E-state index in [0.717, 1.165) is 11.1 Å². The number of hydrogen-bond donors (Lipinski definition) is 0. The van der Waals surface area contributed by atoms with Crippen LogP contribution < -0.4 is 5.56 Å². The Morgan fingerprint density at radius 1 is 1.03 bits per heavy atom. The van der Waals surface area contributed by atoms with E-state index in [9.17, 15) is 9.59 Å². The number of aromatic nitrogens is 3. The van der Waals surface area contributed by atoms with Crippen molar-refractivity contribution in [1.29, 1.82) is 0 Å². The zero-order valence-electron chi connectivity index (χ0n) is 21.6. The van der Waals surface area contributed by atoms with E-state index in [2.05, 4.69) is 9.27 Å². The molecule has 36 heavy (non-hydrogen) atoms. The van der Waals surface area contributed by atoms with Crippen LogP contribution in [0.15, 0.2) is 59.4 Å². The van der Waals surface area contributed by atoms with Crippen molar-refractivity contribution in [3.8, 4) is 0 Å². The Labute approximate surface area is 216 Å². The van der Waals surface area contributed by atoms with E-state index in [1.807, 2.05) is 94.4 Å². The van der Waals surface area contributed by atoms with E-state index >= 15 is 0 Å². The molecule has 0 aliphatic carbocycles. The van der Waals surface area contributed by atoms with Gasteiger partial charge in [0.05, 0.1) is 23.7 Å². The van der Waals surface area contributed by atoms with Crippen molar-refractivity contribution in [3.63, 3.8) is 0 Å². The standard InChI is InChI=1S/C28H33N5O2S/c1-6-23(32(17-16-31(4)5)27(34)22-14-12-19(2)13-15-22)25-29-26-24(20(3)30-36-26)28(35)33(25)18-21-10-8-7-9-11-21/h7-15,23H,6,16-18H2,1-5H3. The first-order valence-corrected chi connectivity index (χ1v) is 13.0. The molecule has 0 aliphatic rings. The molecule has 1 amide bonds. The molecular formula is C28H33N5O2S. The third kappa shape index (κ3) is 5.39. The molecule has 0 spiro atoms. The average molecular weight is 504 g/mol. The van der Waals surface area contributed by atoms with Gasteiger partial charge in [0.1, 0.15) is 5.82 Å². The normalized spacial score (nSPS) is 12.3. The number of carbonyl (C=O) groups is 1. The fourth-order valence-corrected chi connectivity index (χ4v) is 5.14. The highest BCUT2D eigenvalue weighted by atomic mass is 32.1. The summed E-state index contributed by atoms with van der Waals surface area (Å²) in [6.07, 6.45) is 0.621. The summed E-state index contributed by atoms with van der Waals surface area (Å²) in [6, 6.07) is 17.2. The molecule has 4 rings (SSSR count). The number of rotatable bonds is 9. The molecule has 188 valence electrons. The zero-order chi connectivity index (χ0) is 25.8. The quantitative estimate of drug-likeness (QED) is 0.332. The third-order valence-corrected chi connectivity index (χ3v) is 7.22. The van der Waals surface area contributed by atoms with Crippen LogP contribution in [0.4, 0.5) is 0 Å². The Hall–Kier alpha value is -3.36. The lowest BCUT2D eigenvalue weighted by Gasteiger charge is -2.33. The molecule has 7 nitrogen and oxygen atoms in total. The Kier molecular flexibility index (Phi) is 7.96. The van der Waals surface area contributed by atoms with Crippen molar-refractivity contribution in [2.75, 3.05) is 27.2 Å². The lowest BCUT2D eigenvalue weighted by molar-refractivity contribution is 0.0642. The fourth-order valence-electron chi connectivity index (χ4n) is 4.37. The molecule has 8 heteroatoms. The minimum atomic E-state index is -0.373. The van der Waals surface area contributed by atoms with E-state index in [0.29, 0.717) is 53.4 Å². The van der Waals surface area contributed by atoms with Crippen molar-refractivity contribution < 1.29 is 4.79 Å². The van der Waals surface area contributed by atoms with E-state index in [4.69, 9.17) is 4.98 Å². The van der Waals surface area contributed by atoms with Crippen LogP contribution in [-0.2, 0) is 6.54 Å². The fraction of sp³-hybridized carbons (Fsp3) is 0.357. The van der Waals surface area contributed by atoms with E-state index < -0.39 is 0 Å². The molecule has 0 aliphatic heterocycles. The first kappa shape index (κ1) is 25.7. The Morgan fingerprint density at radius 2 is 1.72 bits per heavy atom. The predicted octanol–water partition coefficient (Wildman–Crippen LogP) is 4.67. The predicted molar refractivity (Wildman–Crippen MR) is 146 cm³/mol. The van der Waals surface area contributed by atoms with Crippen LogP contribution >= 0.6 is 11.5 Å². The molecule has 4 aromatic rings. The smallest absolute Gasteiger partial charge is 0.264 e. The van der Waals surface area contributed by atoms with Crippen LogP contribution in [0.1, 0.15) is 52.4 Å². The van der Waals surface area contributed by atoms with Gasteiger partial charge in [-0.2, -0.15) is 4.37 Å². The molecular weight excluding hydrogens is 470 g/mol. The van der Waals surface area contributed by atoms with Crippen molar-refractivity contribution in [3.05, 3.63) is 93.2 Å². The van der Waals surface area contributed by atoms with Crippen LogP contribution in [0.3, 0.4) is 0 Å². The molecule has 0 radical (unpaired) electrons. The molecule has 1 unspecified atom stereocenters. The van der Waals surface area contributed by atoms with Gasteiger partial charge in [0.25, 0.3) is 11.5 Å². The molecule has 2 aromatic heterocycles. The van der Waals surface area contributed by atoms with E-state index in [-0.39, 0.29) is 17.5 Å². The number of fused-ring (bicyclic) bond motifs is 1. The molecule has 0 bridgehead atoms. The molecule has 2 aromatic carbocycles. The first-order chi connectivity index (χ1) is 17.3. The largest absolute Gasteiger partial charge is 0.327 e. The van der Waals surface area contributed by atoms with Gasteiger partial charge in [-0.15, -0.1) is 0 Å². The number of aryl methyl sites for hydroxylation is 2. The lowest BCUT2D eigenvalue weighted by Crippen LogP contribution is -2.42. The van der Waals surface area contributed by atoms with Crippen molar-refractivity contribution in [1.82, 2.24) is 23.7 Å². The van der Waals surface area contributed by atoms with Crippen LogP contribution in [0, 0.1) is 13.8 Å². The summed E-state index contributed by atoms with van der Waals surface area (Å²) in [4.78, 5) is 37.2. The maximum Gasteiger partial charge on any atom is 0.264 e. The highest BCUT2D eigenvalue weighted by Crippen LogP contribution is 2.28. The molecule has 0 saturated carbocycles. The van der Waals surface area contributed by atoms with Gasteiger partial charge < -0.3 is 9.80 Å². The summed E-state index contributed by atoms with van der Waals surface area (Å²) in [5.74, 6) is 0.534. The van der Waals surface area contributed by atoms with Gasteiger partial charge in [-0.05, 0) is 63.6 Å². The second kappa shape index (κ2) is 11.1. The van der Waals surface area contributed by atoms with Crippen LogP contribution in [0.2, 0.25) is 0 Å². The number of likely N-dealkylation sites (N-methyl/N-ethyl adjacent to an activating group) is 1. The number of hydrogen-bond acceptors (Lipinski definition) is 6. The summed E-state index contributed by atoms with van der Waals surface area (Å²) in [6.45, 7) is 7.47. The van der Waals surface area contributed by atoms with Gasteiger partial charge in [0, 0.05) is 18.7 Å². The number of benzene rings is 2. The monoisotopic (exact) mass is 503 g/mol. The lowest BCUT2D eigenvalue weighted by atomic mass is 10.1. The van der Waals surface area contributed by atoms with Crippen molar-refractivity contribution in [2.45, 2.75) is 39.8 Å². The minimum Gasteiger partial charge on any atom is -0.327 e. The summed E-state index contributed by atoms with van der Waals surface area (Å²) < 4.78 is 6.14. The summed E-state index contributed by atoms with van der Waals surface area (Å²) in [7, 11) is 3.98. The Morgan fingerprint density at radius 3 is 2.36 bits per heavy atom. The topological polar surface area (TPSA) is 71.3 Å². The van der Waals surface area contributed by atoms with Gasteiger partial charge in [0.2, 0.25) is 0 Å². The van der Waals surface area contributed by atoms with Crippen LogP contribution in [-0.4, -0.2) is 56.8 Å². The number of nitrogens with zero attached hydrogens (tertiary/aromatic N) is 5. The number of amides is 1. The molecule has 0 saturated heterocycles. The van der Waals surface area contributed by atoms with Gasteiger partial charge in [0.15, 0.2) is 4.83 Å². The SMILES string of the molecule is CCC(c1nc2snc(C)c2c(=O)n1Cc1ccccc1)N(CCN(C)C)C(=O)c1ccc(C)cc1. The van der Waals surface area contributed by atoms with E-state index in [1.165, 1.54) is 11.5 Å². The molecule has 0 N–H and O–H groups in total.